The van der Waals surface area contributed by atoms with Crippen molar-refractivity contribution in [1.29, 1.82) is 0 Å². The highest BCUT2D eigenvalue weighted by Crippen LogP contribution is 2.27. The molecule has 23 heavy (non-hydrogen) atoms. The van der Waals surface area contributed by atoms with Gasteiger partial charge in [-0.3, -0.25) is 0 Å². The van der Waals surface area contributed by atoms with E-state index in [1.807, 2.05) is 0 Å². The molecule has 3 rings (SSSR count). The SMILES string of the molecule is Cc1noc(C)c1S(=O)(=O)N1CCN(CC2CCCCC2)CC1. The minimum atomic E-state index is -3.49. The Balaban J connectivity index is 1.60. The fraction of sp³-hybridized carbons (Fsp3) is 0.812. The molecule has 6 nitrogen and oxygen atoms in total. The van der Waals surface area contributed by atoms with Crippen LogP contribution in [-0.2, 0) is 10.0 Å². The first-order chi connectivity index (χ1) is 11.0. The van der Waals surface area contributed by atoms with Crippen LogP contribution in [0.15, 0.2) is 9.42 Å². The molecular weight excluding hydrogens is 314 g/mol. The molecule has 1 saturated heterocycles. The molecule has 1 aliphatic heterocycles. The van der Waals surface area contributed by atoms with E-state index < -0.39 is 10.0 Å². The molecule has 2 fully saturated rings. The third kappa shape index (κ3) is 3.61. The molecule has 1 aliphatic carbocycles. The van der Waals surface area contributed by atoms with Gasteiger partial charge in [0.05, 0.1) is 0 Å². The lowest BCUT2D eigenvalue weighted by molar-refractivity contribution is 0.150. The molecule has 2 aliphatic rings. The molecule has 0 aromatic carbocycles. The highest BCUT2D eigenvalue weighted by atomic mass is 32.2. The Morgan fingerprint density at radius 1 is 1.09 bits per heavy atom. The molecule has 0 amide bonds. The quantitative estimate of drug-likeness (QED) is 0.840. The van der Waals surface area contributed by atoms with Crippen molar-refractivity contribution in [2.24, 2.45) is 5.92 Å². The highest BCUT2D eigenvalue weighted by Gasteiger charge is 2.33. The maximum Gasteiger partial charge on any atom is 0.248 e. The number of aryl methyl sites for hydroxylation is 2. The second-order valence-electron chi connectivity index (χ2n) is 6.86. The monoisotopic (exact) mass is 341 g/mol. The second kappa shape index (κ2) is 6.91. The molecule has 0 bridgehead atoms. The average Bonchev–Trinajstić information content (AvgIpc) is 2.88. The third-order valence-corrected chi connectivity index (χ3v) is 7.28. The summed E-state index contributed by atoms with van der Waals surface area (Å²) >= 11 is 0. The summed E-state index contributed by atoms with van der Waals surface area (Å²) in [5.74, 6) is 1.18. The highest BCUT2D eigenvalue weighted by molar-refractivity contribution is 7.89. The first kappa shape index (κ1) is 16.9. The van der Waals surface area contributed by atoms with Gasteiger partial charge < -0.3 is 9.42 Å². The standard InChI is InChI=1S/C16H27N3O3S/c1-13-16(14(2)22-17-13)23(20,21)19-10-8-18(9-11-19)12-15-6-4-3-5-7-15/h15H,3-12H2,1-2H3. The molecule has 130 valence electrons. The second-order valence-corrected chi connectivity index (χ2v) is 8.74. The van der Waals surface area contributed by atoms with E-state index in [1.165, 1.54) is 32.1 Å². The van der Waals surface area contributed by atoms with Gasteiger partial charge in [-0.15, -0.1) is 0 Å². The number of hydrogen-bond donors (Lipinski definition) is 0. The first-order valence-electron chi connectivity index (χ1n) is 8.64. The first-order valence-corrected chi connectivity index (χ1v) is 10.1. The summed E-state index contributed by atoms with van der Waals surface area (Å²) in [4.78, 5) is 2.67. The fourth-order valence-corrected chi connectivity index (χ4v) is 5.57. The number of nitrogens with zero attached hydrogens (tertiary/aromatic N) is 3. The third-order valence-electron chi connectivity index (χ3n) is 5.14. The van der Waals surface area contributed by atoms with Crippen molar-refractivity contribution in [2.45, 2.75) is 50.8 Å². The zero-order valence-electron chi connectivity index (χ0n) is 14.1. The van der Waals surface area contributed by atoms with E-state index in [-0.39, 0.29) is 4.90 Å². The molecule has 1 aromatic rings. The van der Waals surface area contributed by atoms with Crippen molar-refractivity contribution in [1.82, 2.24) is 14.4 Å². The topological polar surface area (TPSA) is 66.7 Å². The van der Waals surface area contributed by atoms with Gasteiger partial charge in [-0.2, -0.15) is 4.31 Å². The van der Waals surface area contributed by atoms with Crippen molar-refractivity contribution in [2.75, 3.05) is 32.7 Å². The molecule has 7 heteroatoms. The zero-order valence-corrected chi connectivity index (χ0v) is 14.9. The van der Waals surface area contributed by atoms with Gasteiger partial charge in [0.1, 0.15) is 10.6 Å². The van der Waals surface area contributed by atoms with Gasteiger partial charge in [0.25, 0.3) is 0 Å². The number of sulfonamides is 1. The van der Waals surface area contributed by atoms with Crippen LogP contribution < -0.4 is 0 Å². The lowest BCUT2D eigenvalue weighted by Crippen LogP contribution is -2.49. The van der Waals surface area contributed by atoms with E-state index in [4.69, 9.17) is 4.52 Å². The molecule has 0 atom stereocenters. The minimum Gasteiger partial charge on any atom is -0.360 e. The Morgan fingerprint density at radius 3 is 2.30 bits per heavy atom. The predicted molar refractivity (Wildman–Crippen MR) is 87.8 cm³/mol. The van der Waals surface area contributed by atoms with E-state index in [0.717, 1.165) is 25.6 Å². The predicted octanol–water partition coefficient (Wildman–Crippen LogP) is 2.18. The number of piperazine rings is 1. The van der Waals surface area contributed by atoms with E-state index in [2.05, 4.69) is 10.1 Å². The molecule has 0 radical (unpaired) electrons. The maximum atomic E-state index is 12.8. The molecule has 0 unspecified atom stereocenters. The van der Waals surface area contributed by atoms with Crippen molar-refractivity contribution < 1.29 is 12.9 Å². The summed E-state index contributed by atoms with van der Waals surface area (Å²) in [7, 11) is -3.49. The lowest BCUT2D eigenvalue weighted by Gasteiger charge is -2.36. The Labute approximate surface area is 138 Å². The summed E-state index contributed by atoms with van der Waals surface area (Å²) in [6.45, 7) is 7.21. The smallest absolute Gasteiger partial charge is 0.248 e. The van der Waals surface area contributed by atoms with Crippen LogP contribution in [0.4, 0.5) is 0 Å². The van der Waals surface area contributed by atoms with Gasteiger partial charge >= 0.3 is 0 Å². The van der Waals surface area contributed by atoms with Crippen LogP contribution >= 0.6 is 0 Å². The number of hydrogen-bond acceptors (Lipinski definition) is 5. The average molecular weight is 341 g/mol. The summed E-state index contributed by atoms with van der Waals surface area (Å²) < 4.78 is 32.2. The minimum absolute atomic E-state index is 0.248. The molecule has 0 spiro atoms. The van der Waals surface area contributed by atoms with Gasteiger partial charge in [0.15, 0.2) is 5.76 Å². The van der Waals surface area contributed by atoms with E-state index in [0.29, 0.717) is 24.5 Å². The molecule has 0 N–H and O–H groups in total. The van der Waals surface area contributed by atoms with Crippen LogP contribution in [0.25, 0.3) is 0 Å². The largest absolute Gasteiger partial charge is 0.360 e. The van der Waals surface area contributed by atoms with E-state index >= 15 is 0 Å². The molecular formula is C16H27N3O3S. The number of rotatable bonds is 4. The summed E-state index contributed by atoms with van der Waals surface area (Å²) in [5.41, 5.74) is 0.451. The van der Waals surface area contributed by atoms with E-state index in [9.17, 15) is 8.42 Å². The number of aromatic nitrogens is 1. The molecule has 1 saturated carbocycles. The maximum absolute atomic E-state index is 12.8. The fourth-order valence-electron chi connectivity index (χ4n) is 3.86. The summed E-state index contributed by atoms with van der Waals surface area (Å²) in [5, 5.41) is 3.78. The van der Waals surface area contributed by atoms with Crippen molar-refractivity contribution in [3.8, 4) is 0 Å². The summed E-state index contributed by atoms with van der Waals surface area (Å²) in [6, 6.07) is 0. The van der Waals surface area contributed by atoms with Gasteiger partial charge in [0, 0.05) is 32.7 Å². The normalized spacial score (nSPS) is 22.5. The Bertz CT molecular complexity index is 607. The Morgan fingerprint density at radius 2 is 1.74 bits per heavy atom. The van der Waals surface area contributed by atoms with Crippen molar-refractivity contribution >= 4 is 10.0 Å². The molecule has 1 aromatic heterocycles. The van der Waals surface area contributed by atoms with Gasteiger partial charge in [-0.25, -0.2) is 8.42 Å². The van der Waals surface area contributed by atoms with Gasteiger partial charge in [-0.05, 0) is 32.6 Å². The van der Waals surface area contributed by atoms with Crippen LogP contribution in [0.1, 0.15) is 43.6 Å². The van der Waals surface area contributed by atoms with Crippen LogP contribution in [0, 0.1) is 19.8 Å². The van der Waals surface area contributed by atoms with Crippen LogP contribution in [-0.4, -0.2) is 55.5 Å². The molecule has 2 heterocycles. The Hall–Kier alpha value is -0.920. The zero-order chi connectivity index (χ0) is 16.4. The van der Waals surface area contributed by atoms with Crippen molar-refractivity contribution in [3.05, 3.63) is 11.5 Å². The van der Waals surface area contributed by atoms with E-state index in [1.54, 1.807) is 18.2 Å². The van der Waals surface area contributed by atoms with Gasteiger partial charge in [0.2, 0.25) is 10.0 Å². The Kier molecular flexibility index (Phi) is 5.08. The lowest BCUT2D eigenvalue weighted by atomic mass is 9.89. The van der Waals surface area contributed by atoms with Gasteiger partial charge in [-0.1, -0.05) is 24.4 Å². The van der Waals surface area contributed by atoms with Crippen molar-refractivity contribution in [3.63, 3.8) is 0 Å². The van der Waals surface area contributed by atoms with Crippen LogP contribution in [0.3, 0.4) is 0 Å². The van der Waals surface area contributed by atoms with Crippen LogP contribution in [0.5, 0.6) is 0 Å². The van der Waals surface area contributed by atoms with Crippen LogP contribution in [0.2, 0.25) is 0 Å². The summed E-state index contributed by atoms with van der Waals surface area (Å²) in [6.07, 6.45) is 6.74.